The van der Waals surface area contributed by atoms with Crippen LogP contribution in [0.3, 0.4) is 0 Å². The van der Waals surface area contributed by atoms with E-state index in [9.17, 15) is 4.79 Å². The summed E-state index contributed by atoms with van der Waals surface area (Å²) in [5.74, 6) is 0.0480. The van der Waals surface area contributed by atoms with Gasteiger partial charge in [-0.2, -0.15) is 0 Å². The van der Waals surface area contributed by atoms with Crippen LogP contribution in [0.1, 0.15) is 30.6 Å². The number of benzene rings is 1. The highest BCUT2D eigenvalue weighted by Crippen LogP contribution is 2.21. The van der Waals surface area contributed by atoms with Crippen molar-refractivity contribution >= 4 is 11.6 Å². The van der Waals surface area contributed by atoms with E-state index >= 15 is 0 Å². The van der Waals surface area contributed by atoms with Gasteiger partial charge in [-0.05, 0) is 32.4 Å². The van der Waals surface area contributed by atoms with Crippen LogP contribution in [0.2, 0.25) is 0 Å². The lowest BCUT2D eigenvalue weighted by atomic mass is 10.1. The van der Waals surface area contributed by atoms with Gasteiger partial charge < -0.3 is 10.2 Å². The van der Waals surface area contributed by atoms with Crippen LogP contribution in [-0.4, -0.2) is 55.0 Å². The molecule has 1 aromatic carbocycles. The van der Waals surface area contributed by atoms with Crippen LogP contribution in [0.25, 0.3) is 0 Å². The van der Waals surface area contributed by atoms with Crippen LogP contribution in [0.4, 0.5) is 5.69 Å². The summed E-state index contributed by atoms with van der Waals surface area (Å²) in [6.07, 6.45) is 1.13. The molecule has 0 saturated carbocycles. The fraction of sp³-hybridized carbons (Fsp3) is 0.562. The minimum absolute atomic E-state index is 0.0480. The predicted octanol–water partition coefficient (Wildman–Crippen LogP) is 2.28. The second-order valence-corrected chi connectivity index (χ2v) is 5.96. The molecule has 4 nitrogen and oxygen atoms in total. The van der Waals surface area contributed by atoms with E-state index in [0.717, 1.165) is 30.8 Å². The Morgan fingerprint density at radius 3 is 2.65 bits per heavy atom. The third kappa shape index (κ3) is 3.31. The predicted molar refractivity (Wildman–Crippen MR) is 83.2 cm³/mol. The van der Waals surface area contributed by atoms with Crippen molar-refractivity contribution in [1.29, 1.82) is 0 Å². The number of nitrogens with one attached hydrogen (secondary N) is 1. The third-order valence-corrected chi connectivity index (χ3v) is 3.87. The molecule has 0 aromatic heterocycles. The Morgan fingerprint density at radius 1 is 1.35 bits per heavy atom. The number of nitrogens with zero attached hydrogens (tertiary/aromatic N) is 2. The third-order valence-electron chi connectivity index (χ3n) is 3.87. The van der Waals surface area contributed by atoms with E-state index in [-0.39, 0.29) is 5.91 Å². The maximum Gasteiger partial charge on any atom is 0.255 e. The number of hydrogen-bond acceptors (Lipinski definition) is 3. The second kappa shape index (κ2) is 6.27. The van der Waals surface area contributed by atoms with Crippen LogP contribution in [0.15, 0.2) is 24.3 Å². The van der Waals surface area contributed by atoms with Crippen molar-refractivity contribution in [3.05, 3.63) is 29.8 Å². The molecule has 0 spiro atoms. The SMILES string of the molecule is CC(C)N1CCC(Nc2ccccc2C(=O)N(C)C)C1. The van der Waals surface area contributed by atoms with E-state index in [4.69, 9.17) is 0 Å². The van der Waals surface area contributed by atoms with E-state index in [1.807, 2.05) is 24.3 Å². The van der Waals surface area contributed by atoms with Gasteiger partial charge >= 0.3 is 0 Å². The molecule has 2 rings (SSSR count). The summed E-state index contributed by atoms with van der Waals surface area (Å²) in [5, 5.41) is 3.54. The molecule has 1 aromatic rings. The molecule has 1 heterocycles. The van der Waals surface area contributed by atoms with Crippen molar-refractivity contribution in [2.45, 2.75) is 32.4 Å². The summed E-state index contributed by atoms with van der Waals surface area (Å²) in [4.78, 5) is 16.3. The van der Waals surface area contributed by atoms with Gasteiger partial charge in [0.05, 0.1) is 5.56 Å². The number of rotatable bonds is 4. The fourth-order valence-electron chi connectivity index (χ4n) is 2.63. The summed E-state index contributed by atoms with van der Waals surface area (Å²) >= 11 is 0. The molecule has 0 radical (unpaired) electrons. The van der Waals surface area contributed by atoms with Crippen molar-refractivity contribution in [1.82, 2.24) is 9.80 Å². The summed E-state index contributed by atoms with van der Waals surface area (Å²) in [6, 6.07) is 8.78. The van der Waals surface area contributed by atoms with Crippen LogP contribution in [-0.2, 0) is 0 Å². The average molecular weight is 275 g/mol. The van der Waals surface area contributed by atoms with Crippen molar-refractivity contribution in [2.75, 3.05) is 32.5 Å². The Hall–Kier alpha value is -1.55. The molecule has 1 saturated heterocycles. The van der Waals surface area contributed by atoms with Gasteiger partial charge in [0.1, 0.15) is 0 Å². The lowest BCUT2D eigenvalue weighted by Gasteiger charge is -2.22. The van der Waals surface area contributed by atoms with E-state index in [1.165, 1.54) is 0 Å². The number of anilines is 1. The topological polar surface area (TPSA) is 35.6 Å². The minimum Gasteiger partial charge on any atom is -0.380 e. The first-order valence-electron chi connectivity index (χ1n) is 7.30. The van der Waals surface area contributed by atoms with Crippen molar-refractivity contribution in [3.63, 3.8) is 0 Å². The summed E-state index contributed by atoms with van der Waals surface area (Å²) in [7, 11) is 3.57. The Kier molecular flexibility index (Phi) is 4.65. The molecule has 4 heteroatoms. The molecule has 1 fully saturated rings. The normalized spacial score (nSPS) is 19.4. The average Bonchev–Trinajstić information content (AvgIpc) is 2.87. The zero-order valence-corrected chi connectivity index (χ0v) is 12.9. The summed E-state index contributed by atoms with van der Waals surface area (Å²) < 4.78 is 0. The van der Waals surface area contributed by atoms with E-state index in [2.05, 4.69) is 24.1 Å². The quantitative estimate of drug-likeness (QED) is 0.915. The van der Waals surface area contributed by atoms with Gasteiger partial charge in [-0.15, -0.1) is 0 Å². The van der Waals surface area contributed by atoms with Gasteiger partial charge in [0.25, 0.3) is 5.91 Å². The molecule has 1 amide bonds. The maximum atomic E-state index is 12.2. The fourth-order valence-corrected chi connectivity index (χ4v) is 2.63. The van der Waals surface area contributed by atoms with Gasteiger partial charge in [-0.1, -0.05) is 12.1 Å². The van der Waals surface area contributed by atoms with E-state index in [0.29, 0.717) is 12.1 Å². The molecule has 110 valence electrons. The lowest BCUT2D eigenvalue weighted by molar-refractivity contribution is 0.0828. The number of amides is 1. The highest BCUT2D eigenvalue weighted by atomic mass is 16.2. The van der Waals surface area contributed by atoms with Crippen LogP contribution < -0.4 is 5.32 Å². The van der Waals surface area contributed by atoms with E-state index < -0.39 is 0 Å². The Morgan fingerprint density at radius 2 is 2.05 bits per heavy atom. The number of hydrogen-bond donors (Lipinski definition) is 1. The second-order valence-electron chi connectivity index (χ2n) is 5.96. The smallest absolute Gasteiger partial charge is 0.255 e. The monoisotopic (exact) mass is 275 g/mol. The van der Waals surface area contributed by atoms with Crippen molar-refractivity contribution in [2.24, 2.45) is 0 Å². The maximum absolute atomic E-state index is 12.2. The summed E-state index contributed by atoms with van der Waals surface area (Å²) in [6.45, 7) is 6.62. The highest BCUT2D eigenvalue weighted by molar-refractivity contribution is 5.99. The number of para-hydroxylation sites is 1. The van der Waals surface area contributed by atoms with Crippen LogP contribution >= 0.6 is 0 Å². The van der Waals surface area contributed by atoms with Gasteiger partial charge in [0.15, 0.2) is 0 Å². The van der Waals surface area contributed by atoms with Gasteiger partial charge in [0, 0.05) is 45.0 Å². The van der Waals surface area contributed by atoms with Gasteiger partial charge in [-0.25, -0.2) is 0 Å². The molecular weight excluding hydrogens is 250 g/mol. The molecule has 1 aliphatic rings. The number of carbonyl (C=O) groups excluding carboxylic acids is 1. The largest absolute Gasteiger partial charge is 0.380 e. The first-order valence-corrected chi connectivity index (χ1v) is 7.30. The first-order chi connectivity index (χ1) is 9.49. The molecule has 20 heavy (non-hydrogen) atoms. The lowest BCUT2D eigenvalue weighted by Crippen LogP contribution is -2.32. The zero-order chi connectivity index (χ0) is 14.7. The van der Waals surface area contributed by atoms with Gasteiger partial charge in [0.2, 0.25) is 0 Å². The molecule has 1 unspecified atom stereocenters. The molecule has 1 aliphatic heterocycles. The van der Waals surface area contributed by atoms with Gasteiger partial charge in [-0.3, -0.25) is 9.69 Å². The Balaban J connectivity index is 2.09. The molecule has 1 N–H and O–H groups in total. The Labute approximate surface area is 121 Å². The minimum atomic E-state index is 0.0480. The zero-order valence-electron chi connectivity index (χ0n) is 12.9. The van der Waals surface area contributed by atoms with Crippen molar-refractivity contribution < 1.29 is 4.79 Å². The standard InChI is InChI=1S/C16H25N3O/c1-12(2)19-10-9-13(11-19)17-15-8-6-5-7-14(15)16(20)18(3)4/h5-8,12-13,17H,9-11H2,1-4H3. The highest BCUT2D eigenvalue weighted by Gasteiger charge is 2.25. The number of likely N-dealkylation sites (tertiary alicyclic amines) is 1. The molecule has 0 aliphatic carbocycles. The number of carbonyl (C=O) groups is 1. The first kappa shape index (κ1) is 14.9. The Bertz CT molecular complexity index is 471. The van der Waals surface area contributed by atoms with Crippen LogP contribution in [0.5, 0.6) is 0 Å². The molecule has 1 atom stereocenters. The molecule has 0 bridgehead atoms. The van der Waals surface area contributed by atoms with Crippen LogP contribution in [0, 0.1) is 0 Å². The van der Waals surface area contributed by atoms with Crippen molar-refractivity contribution in [3.8, 4) is 0 Å². The summed E-state index contributed by atoms with van der Waals surface area (Å²) in [5.41, 5.74) is 1.70. The molecular formula is C16H25N3O. The van der Waals surface area contributed by atoms with E-state index in [1.54, 1.807) is 19.0 Å².